The predicted octanol–water partition coefficient (Wildman–Crippen LogP) is 4.73. The highest BCUT2D eigenvalue weighted by Crippen LogP contribution is 2.31. The van der Waals surface area contributed by atoms with Crippen molar-refractivity contribution < 1.29 is 14.0 Å². The third-order valence-corrected chi connectivity index (χ3v) is 6.29. The Bertz CT molecular complexity index is 1520. The van der Waals surface area contributed by atoms with E-state index in [1.165, 1.54) is 0 Å². The molecular weight excluding hydrogens is 466 g/mol. The summed E-state index contributed by atoms with van der Waals surface area (Å²) in [6.45, 7) is 4.04. The lowest BCUT2D eigenvalue weighted by Gasteiger charge is -2.32. The fourth-order valence-electron chi connectivity index (χ4n) is 4.36. The van der Waals surface area contributed by atoms with E-state index in [0.717, 1.165) is 22.2 Å². The van der Waals surface area contributed by atoms with Gasteiger partial charge in [0.05, 0.1) is 18.3 Å². The number of para-hydroxylation sites is 1. The fraction of sp³-hybridized carbons (Fsp3) is 0.172. The standard InChI is InChI=1S/C29H27N5O3/c1-20-13-15-22(16-14-20)34(27(35)19-33-26-12-6-5-11-25(26)31-32-33)28(24-10-4-3-8-21(24)2)29(36)30-18-23-9-7-17-37-23/h3-17,28H,18-19H2,1-2H3,(H,30,36)/t28-/m0/s1. The first-order valence-electron chi connectivity index (χ1n) is 12.0. The topological polar surface area (TPSA) is 93.3 Å². The number of aryl methyl sites for hydroxylation is 2. The van der Waals surface area contributed by atoms with Gasteiger partial charge in [-0.05, 0) is 61.4 Å². The highest BCUT2D eigenvalue weighted by atomic mass is 16.3. The number of furan rings is 1. The molecule has 0 aliphatic heterocycles. The number of benzene rings is 3. The Morgan fingerprint density at radius 1 is 0.946 bits per heavy atom. The zero-order valence-electron chi connectivity index (χ0n) is 20.7. The SMILES string of the molecule is Cc1ccc(N(C(=O)Cn2nnc3ccccc32)[C@H](C(=O)NCc2ccco2)c2ccccc2C)cc1. The molecule has 0 aliphatic carbocycles. The predicted molar refractivity (Wildman–Crippen MR) is 141 cm³/mol. The van der Waals surface area contributed by atoms with Crippen LogP contribution in [0, 0.1) is 13.8 Å². The molecule has 8 heteroatoms. The van der Waals surface area contributed by atoms with Crippen LogP contribution in [0.2, 0.25) is 0 Å². The second-order valence-electron chi connectivity index (χ2n) is 8.89. The van der Waals surface area contributed by atoms with Gasteiger partial charge in [-0.3, -0.25) is 14.5 Å². The maximum atomic E-state index is 14.0. The lowest BCUT2D eigenvalue weighted by molar-refractivity contribution is -0.127. The first-order valence-corrected chi connectivity index (χ1v) is 12.0. The lowest BCUT2D eigenvalue weighted by atomic mass is 9.98. The van der Waals surface area contributed by atoms with E-state index in [-0.39, 0.29) is 24.9 Å². The Balaban J connectivity index is 1.57. The maximum Gasteiger partial charge on any atom is 0.249 e. The van der Waals surface area contributed by atoms with E-state index in [1.807, 2.05) is 86.6 Å². The summed E-state index contributed by atoms with van der Waals surface area (Å²) in [6, 6.07) is 25.3. The van der Waals surface area contributed by atoms with Crippen LogP contribution in [0.5, 0.6) is 0 Å². The summed E-state index contributed by atoms with van der Waals surface area (Å²) in [5.41, 5.74) is 4.74. The number of aromatic nitrogens is 3. The number of hydrogen-bond donors (Lipinski definition) is 1. The molecule has 1 atom stereocenters. The lowest BCUT2D eigenvalue weighted by Crippen LogP contribution is -2.45. The van der Waals surface area contributed by atoms with Gasteiger partial charge in [0, 0.05) is 5.69 Å². The van der Waals surface area contributed by atoms with Gasteiger partial charge in [-0.25, -0.2) is 4.68 Å². The smallest absolute Gasteiger partial charge is 0.249 e. The Morgan fingerprint density at radius 3 is 2.46 bits per heavy atom. The largest absolute Gasteiger partial charge is 0.467 e. The highest BCUT2D eigenvalue weighted by Gasteiger charge is 2.34. The molecular formula is C29H27N5O3. The summed E-state index contributed by atoms with van der Waals surface area (Å²) < 4.78 is 6.96. The van der Waals surface area contributed by atoms with Crippen LogP contribution in [0.1, 0.15) is 28.5 Å². The summed E-state index contributed by atoms with van der Waals surface area (Å²) in [5, 5.41) is 11.3. The van der Waals surface area contributed by atoms with Crippen LogP contribution in [-0.2, 0) is 22.7 Å². The monoisotopic (exact) mass is 493 g/mol. The van der Waals surface area contributed by atoms with E-state index in [0.29, 0.717) is 17.0 Å². The molecule has 0 saturated heterocycles. The quantitative estimate of drug-likeness (QED) is 0.337. The molecule has 2 heterocycles. The number of nitrogens with zero attached hydrogens (tertiary/aromatic N) is 4. The summed E-state index contributed by atoms with van der Waals surface area (Å²) >= 11 is 0. The summed E-state index contributed by atoms with van der Waals surface area (Å²) in [5.74, 6) is 0.0168. The molecule has 0 spiro atoms. The molecule has 0 saturated carbocycles. The third-order valence-electron chi connectivity index (χ3n) is 6.29. The third kappa shape index (κ3) is 5.13. The molecule has 2 aromatic heterocycles. The van der Waals surface area contributed by atoms with Crippen molar-refractivity contribution in [2.45, 2.75) is 33.0 Å². The number of fused-ring (bicyclic) bond motifs is 1. The van der Waals surface area contributed by atoms with Crippen LogP contribution in [0.3, 0.4) is 0 Å². The number of anilines is 1. The minimum Gasteiger partial charge on any atom is -0.467 e. The van der Waals surface area contributed by atoms with Gasteiger partial charge in [-0.2, -0.15) is 0 Å². The number of amides is 2. The maximum absolute atomic E-state index is 14.0. The van der Waals surface area contributed by atoms with Crippen molar-refractivity contribution in [3.63, 3.8) is 0 Å². The van der Waals surface area contributed by atoms with Crippen molar-refractivity contribution in [2.75, 3.05) is 4.90 Å². The molecule has 0 radical (unpaired) electrons. The second kappa shape index (κ2) is 10.5. The number of carbonyl (C=O) groups excluding carboxylic acids is 2. The molecule has 0 fully saturated rings. The number of carbonyl (C=O) groups is 2. The van der Waals surface area contributed by atoms with Crippen LogP contribution in [-0.4, -0.2) is 26.8 Å². The van der Waals surface area contributed by atoms with E-state index in [2.05, 4.69) is 15.6 Å². The zero-order chi connectivity index (χ0) is 25.8. The minimum atomic E-state index is -0.916. The average Bonchev–Trinajstić information content (AvgIpc) is 3.58. The molecule has 1 N–H and O–H groups in total. The molecule has 5 rings (SSSR count). The molecule has 0 unspecified atom stereocenters. The van der Waals surface area contributed by atoms with Crippen LogP contribution >= 0.6 is 0 Å². The van der Waals surface area contributed by atoms with Crippen molar-refractivity contribution >= 4 is 28.5 Å². The van der Waals surface area contributed by atoms with E-state index in [1.54, 1.807) is 28.0 Å². The molecule has 0 bridgehead atoms. The normalized spacial score (nSPS) is 11.8. The zero-order valence-corrected chi connectivity index (χ0v) is 20.7. The highest BCUT2D eigenvalue weighted by molar-refractivity contribution is 6.01. The minimum absolute atomic E-state index is 0.0811. The molecule has 5 aromatic rings. The Kier molecular flexibility index (Phi) is 6.81. The van der Waals surface area contributed by atoms with Crippen LogP contribution in [0.15, 0.2) is 95.6 Å². The van der Waals surface area contributed by atoms with E-state index in [4.69, 9.17) is 4.42 Å². The average molecular weight is 494 g/mol. The Morgan fingerprint density at radius 2 is 1.70 bits per heavy atom. The van der Waals surface area contributed by atoms with Crippen LogP contribution in [0.4, 0.5) is 5.69 Å². The van der Waals surface area contributed by atoms with Crippen molar-refractivity contribution in [1.29, 1.82) is 0 Å². The van der Waals surface area contributed by atoms with Gasteiger partial charge >= 0.3 is 0 Å². The molecule has 3 aromatic carbocycles. The second-order valence-corrected chi connectivity index (χ2v) is 8.89. The van der Waals surface area contributed by atoms with Crippen molar-refractivity contribution in [3.8, 4) is 0 Å². The number of hydrogen-bond acceptors (Lipinski definition) is 5. The molecule has 37 heavy (non-hydrogen) atoms. The van der Waals surface area contributed by atoms with Crippen molar-refractivity contribution in [1.82, 2.24) is 20.3 Å². The van der Waals surface area contributed by atoms with E-state index in [9.17, 15) is 9.59 Å². The van der Waals surface area contributed by atoms with Gasteiger partial charge in [-0.15, -0.1) is 5.10 Å². The molecule has 2 amide bonds. The summed E-state index contributed by atoms with van der Waals surface area (Å²) in [6.07, 6.45) is 1.56. The van der Waals surface area contributed by atoms with E-state index >= 15 is 0 Å². The first-order chi connectivity index (χ1) is 18.0. The Labute approximate surface area is 214 Å². The van der Waals surface area contributed by atoms with E-state index < -0.39 is 6.04 Å². The number of rotatable bonds is 8. The fourth-order valence-corrected chi connectivity index (χ4v) is 4.36. The van der Waals surface area contributed by atoms with Gasteiger partial charge in [0.15, 0.2) is 0 Å². The van der Waals surface area contributed by atoms with Gasteiger partial charge in [-0.1, -0.05) is 59.3 Å². The van der Waals surface area contributed by atoms with Gasteiger partial charge in [0.1, 0.15) is 23.9 Å². The summed E-state index contributed by atoms with van der Waals surface area (Å²) in [4.78, 5) is 29.4. The van der Waals surface area contributed by atoms with Gasteiger partial charge in [0.2, 0.25) is 11.8 Å². The number of nitrogens with one attached hydrogen (secondary N) is 1. The van der Waals surface area contributed by atoms with Crippen molar-refractivity contribution in [2.24, 2.45) is 0 Å². The first kappa shape index (κ1) is 24.0. The van der Waals surface area contributed by atoms with Crippen LogP contribution in [0.25, 0.3) is 11.0 Å². The summed E-state index contributed by atoms with van der Waals surface area (Å²) in [7, 11) is 0. The molecule has 8 nitrogen and oxygen atoms in total. The Hall–Kier alpha value is -4.72. The van der Waals surface area contributed by atoms with Gasteiger partial charge < -0.3 is 9.73 Å². The van der Waals surface area contributed by atoms with Crippen LogP contribution < -0.4 is 10.2 Å². The molecule has 186 valence electrons. The van der Waals surface area contributed by atoms with Crippen molar-refractivity contribution in [3.05, 3.63) is 114 Å². The molecule has 0 aliphatic rings. The van der Waals surface area contributed by atoms with Gasteiger partial charge in [0.25, 0.3) is 0 Å².